The molecule has 10 heteroatoms. The molecule has 0 N–H and O–H groups in total. The Balaban J connectivity index is 1.61. The fraction of sp³-hybridized carbons (Fsp3) is 0.250. The zero-order valence-corrected chi connectivity index (χ0v) is 20.5. The summed E-state index contributed by atoms with van der Waals surface area (Å²) in [4.78, 5) is 27.9. The van der Waals surface area contributed by atoms with E-state index < -0.39 is 42.0 Å². The lowest BCUT2D eigenvalue weighted by Gasteiger charge is -2.27. The molecule has 0 saturated heterocycles. The van der Waals surface area contributed by atoms with E-state index in [1.807, 2.05) is 30.3 Å². The van der Waals surface area contributed by atoms with Gasteiger partial charge in [-0.25, -0.2) is 9.40 Å². The molecule has 0 spiro atoms. The maximum absolute atomic E-state index is 14.5. The number of methoxy groups -OCH3 is 1. The number of carbonyl (C=O) groups is 2. The van der Waals surface area contributed by atoms with Crippen LogP contribution in [0.2, 0.25) is 0 Å². The van der Waals surface area contributed by atoms with Gasteiger partial charge in [-0.05, 0) is 35.9 Å². The molecular weight excluding hydrogens is 502 g/mol. The van der Waals surface area contributed by atoms with Gasteiger partial charge >= 0.3 is 6.18 Å². The van der Waals surface area contributed by atoms with Gasteiger partial charge in [-0.1, -0.05) is 48.5 Å². The maximum Gasteiger partial charge on any atom is 0.416 e. The SMILES string of the molecule is COCCN(CC(=O)N1N=C(c2ccccc2F)C[C@@H]1c1ccccc1)C(=O)c1ccc(C(F)(F)F)cc1. The molecule has 38 heavy (non-hydrogen) atoms. The summed E-state index contributed by atoms with van der Waals surface area (Å²) >= 11 is 0. The summed E-state index contributed by atoms with van der Waals surface area (Å²) in [6.07, 6.45) is -4.27. The highest BCUT2D eigenvalue weighted by molar-refractivity contribution is 6.04. The fourth-order valence-corrected chi connectivity index (χ4v) is 4.21. The Kier molecular flexibility index (Phi) is 8.21. The maximum atomic E-state index is 14.5. The van der Waals surface area contributed by atoms with Crippen molar-refractivity contribution >= 4 is 17.5 Å². The van der Waals surface area contributed by atoms with E-state index in [1.54, 1.807) is 18.2 Å². The summed E-state index contributed by atoms with van der Waals surface area (Å²) in [5, 5.41) is 5.69. The second-order valence-electron chi connectivity index (χ2n) is 8.69. The van der Waals surface area contributed by atoms with Gasteiger partial charge in [0, 0.05) is 31.2 Å². The van der Waals surface area contributed by atoms with Crippen LogP contribution in [0, 0.1) is 5.82 Å². The predicted octanol–water partition coefficient (Wildman–Crippen LogP) is 5.31. The number of carbonyl (C=O) groups excluding carboxylic acids is 2. The number of halogens is 4. The van der Waals surface area contributed by atoms with Gasteiger partial charge in [0.05, 0.1) is 23.9 Å². The Morgan fingerprint density at radius 2 is 1.66 bits per heavy atom. The van der Waals surface area contributed by atoms with Crippen LogP contribution in [0.15, 0.2) is 84.0 Å². The third-order valence-corrected chi connectivity index (χ3v) is 6.17. The van der Waals surface area contributed by atoms with Crippen molar-refractivity contribution in [2.75, 3.05) is 26.8 Å². The van der Waals surface area contributed by atoms with Crippen molar-refractivity contribution in [1.29, 1.82) is 0 Å². The van der Waals surface area contributed by atoms with Crippen molar-refractivity contribution < 1.29 is 31.9 Å². The molecule has 3 aromatic rings. The second kappa shape index (κ2) is 11.6. The zero-order chi connectivity index (χ0) is 27.3. The van der Waals surface area contributed by atoms with Crippen molar-refractivity contribution in [3.8, 4) is 0 Å². The largest absolute Gasteiger partial charge is 0.416 e. The number of benzene rings is 3. The van der Waals surface area contributed by atoms with E-state index in [0.717, 1.165) is 29.8 Å². The lowest BCUT2D eigenvalue weighted by molar-refractivity contribution is -0.137. The van der Waals surface area contributed by atoms with Crippen molar-refractivity contribution in [2.45, 2.75) is 18.6 Å². The highest BCUT2D eigenvalue weighted by Crippen LogP contribution is 2.33. The van der Waals surface area contributed by atoms with Crippen LogP contribution < -0.4 is 0 Å². The Morgan fingerprint density at radius 1 is 1.00 bits per heavy atom. The molecule has 0 aliphatic carbocycles. The van der Waals surface area contributed by atoms with E-state index in [9.17, 15) is 27.2 Å². The molecule has 0 saturated carbocycles. The van der Waals surface area contributed by atoms with E-state index in [0.29, 0.717) is 5.71 Å². The molecule has 0 aromatic heterocycles. The van der Waals surface area contributed by atoms with Crippen LogP contribution in [0.3, 0.4) is 0 Å². The average molecular weight is 528 g/mol. The smallest absolute Gasteiger partial charge is 0.383 e. The normalized spacial score (nSPS) is 15.3. The van der Waals surface area contributed by atoms with Crippen molar-refractivity contribution in [2.24, 2.45) is 5.10 Å². The minimum Gasteiger partial charge on any atom is -0.383 e. The van der Waals surface area contributed by atoms with Crippen LogP contribution in [0.4, 0.5) is 17.6 Å². The summed E-state index contributed by atoms with van der Waals surface area (Å²) in [7, 11) is 1.43. The van der Waals surface area contributed by atoms with Crippen LogP contribution in [0.25, 0.3) is 0 Å². The fourth-order valence-electron chi connectivity index (χ4n) is 4.21. The Hall–Kier alpha value is -4.05. The van der Waals surface area contributed by atoms with Crippen LogP contribution in [-0.2, 0) is 15.7 Å². The molecule has 1 aliphatic heterocycles. The number of alkyl halides is 3. The van der Waals surface area contributed by atoms with Gasteiger partial charge in [0.25, 0.3) is 11.8 Å². The molecule has 4 rings (SSSR count). The molecular formula is C28H25F4N3O3. The Labute approximate surface area is 217 Å². The first-order chi connectivity index (χ1) is 18.2. The van der Waals surface area contributed by atoms with Gasteiger partial charge in [-0.2, -0.15) is 18.3 Å². The van der Waals surface area contributed by atoms with Crippen LogP contribution in [0.1, 0.15) is 39.5 Å². The van der Waals surface area contributed by atoms with Gasteiger partial charge in [0.2, 0.25) is 0 Å². The Morgan fingerprint density at radius 3 is 2.29 bits per heavy atom. The minimum absolute atomic E-state index is 0.00141. The van der Waals surface area contributed by atoms with E-state index >= 15 is 0 Å². The van der Waals surface area contributed by atoms with E-state index in [2.05, 4.69) is 5.10 Å². The second-order valence-corrected chi connectivity index (χ2v) is 8.69. The van der Waals surface area contributed by atoms with Crippen LogP contribution in [0.5, 0.6) is 0 Å². The third-order valence-electron chi connectivity index (χ3n) is 6.17. The van der Waals surface area contributed by atoms with Crippen molar-refractivity contribution in [1.82, 2.24) is 9.91 Å². The zero-order valence-electron chi connectivity index (χ0n) is 20.5. The third kappa shape index (κ3) is 6.08. The first-order valence-electron chi connectivity index (χ1n) is 11.8. The summed E-state index contributed by atoms with van der Waals surface area (Å²) in [5.41, 5.74) is 0.571. The number of rotatable bonds is 8. The lowest BCUT2D eigenvalue weighted by Crippen LogP contribution is -2.42. The molecule has 2 amide bonds. The first kappa shape index (κ1) is 27.0. The van der Waals surface area contributed by atoms with Crippen LogP contribution in [-0.4, -0.2) is 54.2 Å². The van der Waals surface area contributed by atoms with Gasteiger partial charge < -0.3 is 9.64 Å². The van der Waals surface area contributed by atoms with Gasteiger partial charge in [-0.15, -0.1) is 0 Å². The number of amides is 2. The topological polar surface area (TPSA) is 62.2 Å². The minimum atomic E-state index is -4.54. The van der Waals surface area contributed by atoms with Crippen molar-refractivity contribution in [3.63, 3.8) is 0 Å². The van der Waals surface area contributed by atoms with Crippen LogP contribution >= 0.6 is 0 Å². The Bertz CT molecular complexity index is 1310. The molecule has 1 heterocycles. The molecule has 6 nitrogen and oxygen atoms in total. The molecule has 1 aliphatic rings. The molecule has 3 aromatic carbocycles. The number of hydrogen-bond donors (Lipinski definition) is 0. The van der Waals surface area contributed by atoms with Crippen molar-refractivity contribution in [3.05, 3.63) is 107 Å². The van der Waals surface area contributed by atoms with Gasteiger partial charge in [0.15, 0.2) is 0 Å². The number of hydrogen-bond acceptors (Lipinski definition) is 4. The highest BCUT2D eigenvalue weighted by Gasteiger charge is 2.35. The lowest BCUT2D eigenvalue weighted by atomic mass is 9.98. The number of hydrazone groups is 1. The summed E-state index contributed by atoms with van der Waals surface area (Å²) in [6, 6.07) is 18.5. The summed E-state index contributed by atoms with van der Waals surface area (Å²) < 4.78 is 58.4. The monoisotopic (exact) mass is 527 g/mol. The molecule has 1 atom stereocenters. The summed E-state index contributed by atoms with van der Waals surface area (Å²) in [5.74, 6) is -1.62. The molecule has 0 fully saturated rings. The quantitative estimate of drug-likeness (QED) is 0.373. The standard InChI is InChI=1S/C28H25F4N3O3/c1-38-16-15-34(27(37)20-11-13-21(14-12-20)28(30,31)32)18-26(36)35-25(19-7-3-2-4-8-19)17-24(33-35)22-9-5-6-10-23(22)29/h2-14,25H,15-18H2,1H3/t25-/m1/s1. The first-order valence-corrected chi connectivity index (χ1v) is 11.8. The number of nitrogens with zero attached hydrogens (tertiary/aromatic N) is 3. The van der Waals surface area contributed by atoms with E-state index in [4.69, 9.17) is 4.74 Å². The summed E-state index contributed by atoms with van der Waals surface area (Å²) in [6.45, 7) is -0.276. The highest BCUT2D eigenvalue weighted by atomic mass is 19.4. The molecule has 0 unspecified atom stereocenters. The van der Waals surface area contributed by atoms with Gasteiger partial charge in [-0.3, -0.25) is 9.59 Å². The molecule has 0 radical (unpaired) electrons. The van der Waals surface area contributed by atoms with E-state index in [-0.39, 0.29) is 30.7 Å². The average Bonchev–Trinajstić information content (AvgIpc) is 3.36. The van der Waals surface area contributed by atoms with Gasteiger partial charge in [0.1, 0.15) is 12.4 Å². The molecule has 198 valence electrons. The molecule has 0 bridgehead atoms. The van der Waals surface area contributed by atoms with E-state index in [1.165, 1.54) is 23.1 Å². The number of ether oxygens (including phenoxy) is 1. The predicted molar refractivity (Wildman–Crippen MR) is 133 cm³/mol.